The molecule has 2 aliphatic heterocycles. The second kappa shape index (κ2) is 7.26. The van der Waals surface area contributed by atoms with Crippen LogP contribution in [0.1, 0.15) is 12.8 Å². The zero-order valence-electron chi connectivity index (χ0n) is 13.0. The maximum atomic E-state index is 11.9. The summed E-state index contributed by atoms with van der Waals surface area (Å²) in [6, 6.07) is 1.80. The lowest BCUT2D eigenvalue weighted by Crippen LogP contribution is -2.44. The van der Waals surface area contributed by atoms with Crippen LogP contribution in [0.5, 0.6) is 0 Å². The highest BCUT2D eigenvalue weighted by atomic mass is 16.6. The minimum absolute atomic E-state index is 0.0665. The number of anilines is 1. The number of amides is 2. The number of nitrogens with one attached hydrogen (secondary N) is 1. The maximum absolute atomic E-state index is 11.9. The van der Waals surface area contributed by atoms with Gasteiger partial charge >= 0.3 is 6.09 Å². The van der Waals surface area contributed by atoms with E-state index in [1.54, 1.807) is 18.5 Å². The van der Waals surface area contributed by atoms with E-state index < -0.39 is 6.09 Å². The molecular formula is C15H21N5O3. The van der Waals surface area contributed by atoms with E-state index in [9.17, 15) is 9.59 Å². The molecule has 2 fully saturated rings. The normalized spacial score (nSPS) is 21.2. The number of ether oxygens (including phenoxy) is 1. The molecule has 0 spiro atoms. The Balaban J connectivity index is 1.44. The van der Waals surface area contributed by atoms with Gasteiger partial charge in [0.1, 0.15) is 13.2 Å². The molecule has 0 saturated carbocycles. The lowest BCUT2D eigenvalue weighted by Gasteiger charge is -2.32. The zero-order chi connectivity index (χ0) is 16.1. The molecular weight excluding hydrogens is 298 g/mol. The van der Waals surface area contributed by atoms with Crippen LogP contribution in [-0.2, 0) is 9.53 Å². The Labute approximate surface area is 134 Å². The van der Waals surface area contributed by atoms with Gasteiger partial charge < -0.3 is 15.0 Å². The summed E-state index contributed by atoms with van der Waals surface area (Å²) in [6.07, 6.45) is 5.18. The van der Waals surface area contributed by atoms with Crippen molar-refractivity contribution in [2.75, 3.05) is 44.2 Å². The maximum Gasteiger partial charge on any atom is 0.410 e. The van der Waals surface area contributed by atoms with Gasteiger partial charge in [-0.2, -0.15) is 0 Å². The number of nitrogens with zero attached hydrogens (tertiary/aromatic N) is 4. The molecule has 2 aliphatic rings. The lowest BCUT2D eigenvalue weighted by molar-refractivity contribution is -0.121. The van der Waals surface area contributed by atoms with E-state index in [0.717, 1.165) is 31.9 Å². The average molecular weight is 319 g/mol. The summed E-state index contributed by atoms with van der Waals surface area (Å²) in [6.45, 7) is 3.28. The van der Waals surface area contributed by atoms with Crippen LogP contribution in [0.4, 0.5) is 10.7 Å². The summed E-state index contributed by atoms with van der Waals surface area (Å²) in [5.74, 6) is 0.960. The van der Waals surface area contributed by atoms with Gasteiger partial charge in [0.05, 0.1) is 6.54 Å². The van der Waals surface area contributed by atoms with Crippen molar-refractivity contribution in [1.29, 1.82) is 0 Å². The molecule has 0 aromatic carbocycles. The van der Waals surface area contributed by atoms with E-state index in [-0.39, 0.29) is 12.5 Å². The number of piperidine rings is 1. The predicted molar refractivity (Wildman–Crippen MR) is 82.9 cm³/mol. The Hall–Kier alpha value is -2.38. The van der Waals surface area contributed by atoms with Crippen molar-refractivity contribution < 1.29 is 14.3 Å². The SMILES string of the molecule is O=C(CN1CCOC1=O)NCC1CCCN(c2ncccn2)C1. The zero-order valence-corrected chi connectivity index (χ0v) is 13.0. The van der Waals surface area contributed by atoms with Gasteiger partial charge in [0, 0.05) is 32.0 Å². The molecule has 3 rings (SSSR count). The molecule has 8 nitrogen and oxygen atoms in total. The van der Waals surface area contributed by atoms with E-state index >= 15 is 0 Å². The standard InChI is InChI=1S/C15H21N5O3/c21-13(11-20-7-8-23-15(20)22)18-9-12-3-1-6-19(10-12)14-16-4-2-5-17-14/h2,4-5,12H,1,3,6-11H2,(H,18,21). The summed E-state index contributed by atoms with van der Waals surface area (Å²) < 4.78 is 4.81. The van der Waals surface area contributed by atoms with Crippen molar-refractivity contribution in [2.24, 2.45) is 5.92 Å². The van der Waals surface area contributed by atoms with Crippen LogP contribution >= 0.6 is 0 Å². The van der Waals surface area contributed by atoms with E-state index in [1.165, 1.54) is 4.90 Å². The van der Waals surface area contributed by atoms with Crippen LogP contribution in [0.3, 0.4) is 0 Å². The molecule has 0 bridgehead atoms. The summed E-state index contributed by atoms with van der Waals surface area (Å²) in [4.78, 5) is 35.4. The minimum atomic E-state index is -0.412. The van der Waals surface area contributed by atoms with Crippen molar-refractivity contribution >= 4 is 17.9 Å². The second-order valence-corrected chi connectivity index (χ2v) is 5.84. The van der Waals surface area contributed by atoms with Crippen LogP contribution in [0.25, 0.3) is 0 Å². The van der Waals surface area contributed by atoms with Crippen molar-refractivity contribution in [1.82, 2.24) is 20.2 Å². The number of aromatic nitrogens is 2. The van der Waals surface area contributed by atoms with E-state index in [1.807, 2.05) is 0 Å². The number of hydrogen-bond donors (Lipinski definition) is 1. The Morgan fingerprint density at radius 3 is 2.91 bits per heavy atom. The van der Waals surface area contributed by atoms with E-state index in [0.29, 0.717) is 25.6 Å². The van der Waals surface area contributed by atoms with Gasteiger partial charge in [-0.25, -0.2) is 14.8 Å². The van der Waals surface area contributed by atoms with Gasteiger partial charge in [0.15, 0.2) is 0 Å². The summed E-state index contributed by atoms with van der Waals surface area (Å²) in [5, 5.41) is 2.92. The third-order valence-corrected chi connectivity index (χ3v) is 4.12. The largest absolute Gasteiger partial charge is 0.448 e. The highest BCUT2D eigenvalue weighted by Crippen LogP contribution is 2.19. The average Bonchev–Trinajstić information content (AvgIpc) is 2.99. The quantitative estimate of drug-likeness (QED) is 0.838. The molecule has 3 heterocycles. The van der Waals surface area contributed by atoms with Crippen molar-refractivity contribution in [2.45, 2.75) is 12.8 Å². The van der Waals surface area contributed by atoms with Crippen molar-refractivity contribution in [3.8, 4) is 0 Å². The molecule has 0 radical (unpaired) electrons. The molecule has 23 heavy (non-hydrogen) atoms. The molecule has 1 N–H and O–H groups in total. The topological polar surface area (TPSA) is 87.7 Å². The third-order valence-electron chi connectivity index (χ3n) is 4.12. The van der Waals surface area contributed by atoms with Gasteiger partial charge in [-0.1, -0.05) is 0 Å². The number of hydrogen-bond acceptors (Lipinski definition) is 6. The molecule has 1 aromatic heterocycles. The van der Waals surface area contributed by atoms with E-state index in [2.05, 4.69) is 20.2 Å². The molecule has 1 aromatic rings. The van der Waals surface area contributed by atoms with Gasteiger partial charge in [0.2, 0.25) is 11.9 Å². The molecule has 1 atom stereocenters. The van der Waals surface area contributed by atoms with Gasteiger partial charge in [-0.3, -0.25) is 9.69 Å². The molecule has 8 heteroatoms. The lowest BCUT2D eigenvalue weighted by atomic mass is 9.98. The smallest absolute Gasteiger partial charge is 0.410 e. The number of carbonyl (C=O) groups is 2. The molecule has 2 saturated heterocycles. The van der Waals surface area contributed by atoms with Crippen molar-refractivity contribution in [3.05, 3.63) is 18.5 Å². The number of rotatable bonds is 5. The first-order valence-corrected chi connectivity index (χ1v) is 7.93. The Kier molecular flexibility index (Phi) is 4.89. The Bertz CT molecular complexity index is 553. The Morgan fingerprint density at radius 1 is 1.35 bits per heavy atom. The van der Waals surface area contributed by atoms with Crippen molar-refractivity contribution in [3.63, 3.8) is 0 Å². The van der Waals surface area contributed by atoms with Gasteiger partial charge in [-0.05, 0) is 24.8 Å². The van der Waals surface area contributed by atoms with Gasteiger partial charge in [0.25, 0.3) is 0 Å². The Morgan fingerprint density at radius 2 is 2.17 bits per heavy atom. The first kappa shape index (κ1) is 15.5. The first-order valence-electron chi connectivity index (χ1n) is 7.93. The van der Waals surface area contributed by atoms with E-state index in [4.69, 9.17) is 4.74 Å². The first-order chi connectivity index (χ1) is 11.2. The van der Waals surface area contributed by atoms with Crippen LogP contribution in [0.15, 0.2) is 18.5 Å². The second-order valence-electron chi connectivity index (χ2n) is 5.84. The molecule has 0 aliphatic carbocycles. The predicted octanol–water partition coefficient (Wildman–Crippen LogP) is 0.261. The van der Waals surface area contributed by atoms with Gasteiger partial charge in [-0.15, -0.1) is 0 Å². The highest BCUT2D eigenvalue weighted by molar-refractivity contribution is 5.82. The van der Waals surface area contributed by atoms with Crippen LogP contribution in [-0.4, -0.2) is 66.2 Å². The van der Waals surface area contributed by atoms with Crippen LogP contribution in [0, 0.1) is 5.92 Å². The fraction of sp³-hybridized carbons (Fsp3) is 0.600. The molecule has 1 unspecified atom stereocenters. The number of carbonyl (C=O) groups excluding carboxylic acids is 2. The number of cyclic esters (lactones) is 1. The highest BCUT2D eigenvalue weighted by Gasteiger charge is 2.25. The fourth-order valence-corrected chi connectivity index (χ4v) is 2.92. The summed E-state index contributed by atoms with van der Waals surface area (Å²) in [5.41, 5.74) is 0. The summed E-state index contributed by atoms with van der Waals surface area (Å²) in [7, 11) is 0. The third kappa shape index (κ3) is 4.08. The molecule has 124 valence electrons. The fourth-order valence-electron chi connectivity index (χ4n) is 2.92. The van der Waals surface area contributed by atoms with Crippen LogP contribution in [0.2, 0.25) is 0 Å². The minimum Gasteiger partial charge on any atom is -0.448 e. The summed E-state index contributed by atoms with van der Waals surface area (Å²) >= 11 is 0. The van der Waals surface area contributed by atoms with Crippen LogP contribution < -0.4 is 10.2 Å². The molecule has 2 amide bonds. The monoisotopic (exact) mass is 319 g/mol.